The van der Waals surface area contributed by atoms with E-state index in [4.69, 9.17) is 5.11 Å². The van der Waals surface area contributed by atoms with E-state index in [1.165, 1.54) is 25.7 Å². The van der Waals surface area contributed by atoms with Crippen LogP contribution < -0.4 is 0 Å². The minimum absolute atomic E-state index is 0.408. The Hall–Kier alpha value is -0.0400. The zero-order chi connectivity index (χ0) is 10.3. The SMILES string of the molecule is CC.CC(C)C1CCC(CO)CC1. The molecule has 0 unspecified atom stereocenters. The van der Waals surface area contributed by atoms with Crippen LogP contribution in [0.5, 0.6) is 0 Å². The van der Waals surface area contributed by atoms with E-state index in [1.54, 1.807) is 0 Å². The van der Waals surface area contributed by atoms with E-state index in [0.29, 0.717) is 12.5 Å². The maximum absolute atomic E-state index is 8.92. The van der Waals surface area contributed by atoms with Gasteiger partial charge in [-0.1, -0.05) is 27.7 Å². The fourth-order valence-corrected chi connectivity index (χ4v) is 2.04. The normalized spacial score (nSPS) is 28.2. The van der Waals surface area contributed by atoms with Gasteiger partial charge in [-0.15, -0.1) is 0 Å². The van der Waals surface area contributed by atoms with Crippen LogP contribution in [0.25, 0.3) is 0 Å². The van der Waals surface area contributed by atoms with Crippen LogP contribution in [0.4, 0.5) is 0 Å². The maximum atomic E-state index is 8.92. The van der Waals surface area contributed by atoms with Gasteiger partial charge in [0.05, 0.1) is 0 Å². The van der Waals surface area contributed by atoms with Crippen molar-refractivity contribution in [3.05, 3.63) is 0 Å². The third-order valence-corrected chi connectivity index (χ3v) is 3.09. The Morgan fingerprint density at radius 2 is 1.54 bits per heavy atom. The summed E-state index contributed by atoms with van der Waals surface area (Å²) in [5.74, 6) is 2.39. The summed E-state index contributed by atoms with van der Waals surface area (Å²) < 4.78 is 0. The highest BCUT2D eigenvalue weighted by Gasteiger charge is 2.22. The molecule has 0 spiro atoms. The van der Waals surface area contributed by atoms with Crippen LogP contribution in [0.1, 0.15) is 53.4 Å². The third-order valence-electron chi connectivity index (χ3n) is 3.09. The lowest BCUT2D eigenvalue weighted by Crippen LogP contribution is -2.20. The summed E-state index contributed by atoms with van der Waals surface area (Å²) in [7, 11) is 0. The lowest BCUT2D eigenvalue weighted by molar-refractivity contribution is 0.151. The predicted molar refractivity (Wildman–Crippen MR) is 58.7 cm³/mol. The van der Waals surface area contributed by atoms with Gasteiger partial charge in [-0.25, -0.2) is 0 Å². The molecule has 0 aromatic heterocycles. The van der Waals surface area contributed by atoms with Crippen LogP contribution in [0, 0.1) is 17.8 Å². The molecule has 0 saturated heterocycles. The van der Waals surface area contributed by atoms with Crippen LogP contribution in [0.3, 0.4) is 0 Å². The second-order valence-electron chi connectivity index (χ2n) is 4.21. The Morgan fingerprint density at radius 1 is 1.08 bits per heavy atom. The number of hydrogen-bond donors (Lipinski definition) is 1. The van der Waals surface area contributed by atoms with Gasteiger partial charge < -0.3 is 5.11 Å². The van der Waals surface area contributed by atoms with Crippen molar-refractivity contribution in [1.82, 2.24) is 0 Å². The molecule has 0 heterocycles. The predicted octanol–water partition coefficient (Wildman–Crippen LogP) is 3.47. The van der Waals surface area contributed by atoms with Crippen molar-refractivity contribution in [3.8, 4) is 0 Å². The fourth-order valence-electron chi connectivity index (χ4n) is 2.04. The highest BCUT2D eigenvalue weighted by Crippen LogP contribution is 2.32. The van der Waals surface area contributed by atoms with E-state index in [9.17, 15) is 0 Å². The second kappa shape index (κ2) is 7.37. The summed E-state index contributed by atoms with van der Waals surface area (Å²) in [6, 6.07) is 0. The first-order valence-corrected chi connectivity index (χ1v) is 5.85. The zero-order valence-corrected chi connectivity index (χ0v) is 9.71. The summed E-state index contributed by atoms with van der Waals surface area (Å²) in [5, 5.41) is 8.92. The fraction of sp³-hybridized carbons (Fsp3) is 1.00. The molecule has 1 aliphatic rings. The molecule has 1 heteroatoms. The summed E-state index contributed by atoms with van der Waals surface area (Å²) in [6.45, 7) is 9.03. The van der Waals surface area contributed by atoms with E-state index in [2.05, 4.69) is 13.8 Å². The van der Waals surface area contributed by atoms with Crippen LogP contribution in [0.15, 0.2) is 0 Å². The smallest absolute Gasteiger partial charge is 0.0459 e. The first-order chi connectivity index (χ1) is 6.24. The average molecular weight is 186 g/mol. The molecular formula is C12H26O. The average Bonchev–Trinajstić information content (AvgIpc) is 2.21. The van der Waals surface area contributed by atoms with Gasteiger partial charge in [0.1, 0.15) is 0 Å². The minimum atomic E-state index is 0.408. The van der Waals surface area contributed by atoms with Gasteiger partial charge >= 0.3 is 0 Å². The molecule has 1 aliphatic carbocycles. The van der Waals surface area contributed by atoms with Crippen molar-refractivity contribution in [2.75, 3.05) is 6.61 Å². The summed E-state index contributed by atoms with van der Waals surface area (Å²) in [6.07, 6.45) is 5.17. The van der Waals surface area contributed by atoms with Gasteiger partial charge in [0.2, 0.25) is 0 Å². The molecule has 0 aliphatic heterocycles. The molecule has 0 aromatic carbocycles. The molecule has 80 valence electrons. The van der Waals surface area contributed by atoms with Crippen LogP contribution >= 0.6 is 0 Å². The molecule has 0 amide bonds. The van der Waals surface area contributed by atoms with Crippen molar-refractivity contribution in [3.63, 3.8) is 0 Å². The van der Waals surface area contributed by atoms with Gasteiger partial charge in [0, 0.05) is 6.61 Å². The molecular weight excluding hydrogens is 160 g/mol. The topological polar surface area (TPSA) is 20.2 Å². The van der Waals surface area contributed by atoms with Gasteiger partial charge in [-0.05, 0) is 43.4 Å². The van der Waals surface area contributed by atoms with E-state index in [-0.39, 0.29) is 0 Å². The van der Waals surface area contributed by atoms with Crippen molar-refractivity contribution in [1.29, 1.82) is 0 Å². The van der Waals surface area contributed by atoms with Crippen molar-refractivity contribution in [2.24, 2.45) is 17.8 Å². The van der Waals surface area contributed by atoms with Crippen molar-refractivity contribution in [2.45, 2.75) is 53.4 Å². The van der Waals surface area contributed by atoms with E-state index in [0.717, 1.165) is 11.8 Å². The molecule has 1 fully saturated rings. The standard InChI is InChI=1S/C10H20O.C2H6/c1-8(2)10-5-3-9(7-11)4-6-10;1-2/h8-11H,3-7H2,1-2H3;1-2H3. The Morgan fingerprint density at radius 3 is 1.85 bits per heavy atom. The molecule has 13 heavy (non-hydrogen) atoms. The largest absolute Gasteiger partial charge is 0.396 e. The first-order valence-electron chi connectivity index (χ1n) is 5.85. The third kappa shape index (κ3) is 4.66. The Bertz CT molecular complexity index is 102. The lowest BCUT2D eigenvalue weighted by Gasteiger charge is -2.29. The van der Waals surface area contributed by atoms with Gasteiger partial charge in [-0.3, -0.25) is 0 Å². The Labute approximate surface area is 83.5 Å². The number of aliphatic hydroxyl groups is 1. The van der Waals surface area contributed by atoms with Gasteiger partial charge in [-0.2, -0.15) is 0 Å². The molecule has 1 nitrogen and oxygen atoms in total. The Balaban J connectivity index is 0.000000671. The highest BCUT2D eigenvalue weighted by atomic mass is 16.3. The number of aliphatic hydroxyl groups excluding tert-OH is 1. The van der Waals surface area contributed by atoms with Crippen LogP contribution in [-0.4, -0.2) is 11.7 Å². The van der Waals surface area contributed by atoms with Crippen molar-refractivity contribution < 1.29 is 5.11 Å². The number of hydrogen-bond acceptors (Lipinski definition) is 1. The number of rotatable bonds is 2. The molecule has 1 N–H and O–H groups in total. The van der Waals surface area contributed by atoms with Crippen LogP contribution in [-0.2, 0) is 0 Å². The molecule has 0 bridgehead atoms. The summed E-state index contributed by atoms with van der Waals surface area (Å²) in [5.41, 5.74) is 0. The quantitative estimate of drug-likeness (QED) is 0.700. The molecule has 0 radical (unpaired) electrons. The van der Waals surface area contributed by atoms with E-state index >= 15 is 0 Å². The van der Waals surface area contributed by atoms with Crippen LogP contribution in [0.2, 0.25) is 0 Å². The van der Waals surface area contributed by atoms with Crippen molar-refractivity contribution >= 4 is 0 Å². The van der Waals surface area contributed by atoms with E-state index in [1.807, 2.05) is 13.8 Å². The molecule has 0 aromatic rings. The van der Waals surface area contributed by atoms with E-state index < -0.39 is 0 Å². The first kappa shape index (κ1) is 13.0. The minimum Gasteiger partial charge on any atom is -0.396 e. The zero-order valence-electron chi connectivity index (χ0n) is 9.71. The lowest BCUT2D eigenvalue weighted by atomic mass is 9.77. The molecule has 1 saturated carbocycles. The monoisotopic (exact) mass is 186 g/mol. The highest BCUT2D eigenvalue weighted by molar-refractivity contribution is 4.73. The second-order valence-corrected chi connectivity index (χ2v) is 4.21. The maximum Gasteiger partial charge on any atom is 0.0459 e. The summed E-state index contributed by atoms with van der Waals surface area (Å²) in [4.78, 5) is 0. The molecule has 0 atom stereocenters. The van der Waals surface area contributed by atoms with Gasteiger partial charge in [0.15, 0.2) is 0 Å². The Kier molecular flexibility index (Phi) is 7.35. The molecule has 1 rings (SSSR count). The summed E-state index contributed by atoms with van der Waals surface area (Å²) >= 11 is 0. The van der Waals surface area contributed by atoms with Gasteiger partial charge in [0.25, 0.3) is 0 Å².